The molecule has 0 saturated carbocycles. The van der Waals surface area contributed by atoms with Crippen LogP contribution in [-0.2, 0) is 15.4 Å². The minimum absolute atomic E-state index is 0.0666. The van der Waals surface area contributed by atoms with Crippen molar-refractivity contribution in [3.8, 4) is 6.07 Å². The molecule has 0 bridgehead atoms. The Balaban J connectivity index is 1.97. The molecule has 1 aliphatic heterocycles. The van der Waals surface area contributed by atoms with E-state index in [9.17, 15) is 22.9 Å². The summed E-state index contributed by atoms with van der Waals surface area (Å²) in [5.41, 5.74) is -1.59. The minimum atomic E-state index is -3.90. The van der Waals surface area contributed by atoms with Crippen molar-refractivity contribution in [3.05, 3.63) is 63.3 Å². The van der Waals surface area contributed by atoms with Gasteiger partial charge in [-0.05, 0) is 24.6 Å². The molecule has 1 N–H and O–H groups in total. The van der Waals surface area contributed by atoms with Gasteiger partial charge in [-0.25, -0.2) is 12.8 Å². The van der Waals surface area contributed by atoms with Crippen LogP contribution in [0.1, 0.15) is 12.0 Å². The molecule has 1 unspecified atom stereocenters. The number of benzene rings is 1. The van der Waals surface area contributed by atoms with Gasteiger partial charge in [0.2, 0.25) is 15.6 Å². The Morgan fingerprint density at radius 1 is 1.32 bits per heavy atom. The Morgan fingerprint density at radius 2 is 2.08 bits per heavy atom. The van der Waals surface area contributed by atoms with E-state index in [2.05, 4.69) is 11.1 Å². The molecule has 1 aromatic carbocycles. The summed E-state index contributed by atoms with van der Waals surface area (Å²) in [6, 6.07) is 8.37. The second-order valence-corrected chi connectivity index (χ2v) is 8.17. The van der Waals surface area contributed by atoms with E-state index >= 15 is 0 Å². The maximum absolute atomic E-state index is 14.3. The van der Waals surface area contributed by atoms with E-state index in [0.29, 0.717) is 0 Å². The fraction of sp³-hybridized carbons (Fsp3) is 0.250. The first kappa shape index (κ1) is 17.6. The molecule has 0 spiro atoms. The number of rotatable bonds is 3. The number of aromatic nitrogens is 1. The van der Waals surface area contributed by atoms with Crippen LogP contribution in [-0.4, -0.2) is 30.8 Å². The highest BCUT2D eigenvalue weighted by molar-refractivity contribution is 7.89. The predicted molar refractivity (Wildman–Crippen MR) is 89.1 cm³/mol. The number of sulfonamides is 1. The molecule has 2 aromatic rings. The van der Waals surface area contributed by atoms with E-state index in [0.717, 1.165) is 22.6 Å². The van der Waals surface area contributed by atoms with Gasteiger partial charge in [0.05, 0.1) is 11.0 Å². The van der Waals surface area contributed by atoms with Gasteiger partial charge in [-0.3, -0.25) is 4.79 Å². The first-order valence-electron chi connectivity index (χ1n) is 7.34. The van der Waals surface area contributed by atoms with Gasteiger partial charge in [0, 0.05) is 35.9 Å². The summed E-state index contributed by atoms with van der Waals surface area (Å²) < 4.78 is 40.8. The third kappa shape index (κ3) is 3.06. The second-order valence-electron chi connectivity index (χ2n) is 5.80. The van der Waals surface area contributed by atoms with Crippen LogP contribution in [0.4, 0.5) is 4.39 Å². The number of hydrogen-bond donors (Lipinski definition) is 1. The third-order valence-corrected chi connectivity index (χ3v) is 6.36. The summed E-state index contributed by atoms with van der Waals surface area (Å²) in [5, 5.41) is 9.83. The van der Waals surface area contributed by atoms with Gasteiger partial charge in [0.1, 0.15) is 11.2 Å². The molecule has 2 heterocycles. The molecular formula is C16H13ClFN3O3S. The Hall–Kier alpha value is -2.21. The summed E-state index contributed by atoms with van der Waals surface area (Å²) in [4.78, 5) is 13.3. The number of H-pyrrole nitrogens is 1. The molecule has 0 amide bonds. The Labute approximate surface area is 148 Å². The highest BCUT2D eigenvalue weighted by atomic mass is 35.5. The van der Waals surface area contributed by atoms with Crippen LogP contribution in [0.25, 0.3) is 0 Å². The zero-order valence-corrected chi connectivity index (χ0v) is 14.4. The standard InChI is InChI=1S/C16H13ClFN3O3S/c17-11-1-3-13(14(18)7-11)16(9-19)5-6-21(10-16)25(23,24)12-2-4-15(22)20-8-12/h1-4,7-8H,5-6,10H2,(H,20,22). The van der Waals surface area contributed by atoms with Gasteiger partial charge >= 0.3 is 0 Å². The lowest BCUT2D eigenvalue weighted by Gasteiger charge is -2.23. The average Bonchev–Trinajstić information content (AvgIpc) is 3.01. The monoisotopic (exact) mass is 381 g/mol. The second kappa shape index (κ2) is 6.26. The van der Waals surface area contributed by atoms with Gasteiger partial charge in [-0.1, -0.05) is 17.7 Å². The van der Waals surface area contributed by atoms with Gasteiger partial charge in [0.15, 0.2) is 0 Å². The molecule has 1 aliphatic rings. The molecule has 3 rings (SSSR count). The van der Waals surface area contributed by atoms with Crippen molar-refractivity contribution in [2.45, 2.75) is 16.7 Å². The van der Waals surface area contributed by atoms with Crippen LogP contribution in [0.2, 0.25) is 5.02 Å². The first-order valence-corrected chi connectivity index (χ1v) is 9.16. The quantitative estimate of drug-likeness (QED) is 0.880. The van der Waals surface area contributed by atoms with Crippen molar-refractivity contribution in [1.29, 1.82) is 5.26 Å². The Kier molecular flexibility index (Phi) is 4.41. The van der Waals surface area contributed by atoms with Crippen LogP contribution in [0.5, 0.6) is 0 Å². The fourth-order valence-corrected chi connectivity index (χ4v) is 4.56. The lowest BCUT2D eigenvalue weighted by atomic mass is 9.81. The fourth-order valence-electron chi connectivity index (χ4n) is 2.93. The van der Waals surface area contributed by atoms with Crippen LogP contribution in [0, 0.1) is 17.1 Å². The van der Waals surface area contributed by atoms with Crippen molar-refractivity contribution in [2.24, 2.45) is 0 Å². The van der Waals surface area contributed by atoms with Crippen molar-refractivity contribution in [1.82, 2.24) is 9.29 Å². The first-order chi connectivity index (χ1) is 11.8. The largest absolute Gasteiger partial charge is 0.328 e. The number of hydrogen-bond acceptors (Lipinski definition) is 4. The Morgan fingerprint density at radius 3 is 2.68 bits per heavy atom. The molecule has 25 heavy (non-hydrogen) atoms. The number of halogens is 2. The highest BCUT2D eigenvalue weighted by Crippen LogP contribution is 2.38. The molecule has 1 fully saturated rings. The lowest BCUT2D eigenvalue weighted by molar-refractivity contribution is 0.452. The number of nitriles is 1. The zero-order valence-electron chi connectivity index (χ0n) is 12.9. The topological polar surface area (TPSA) is 94.0 Å². The maximum Gasteiger partial charge on any atom is 0.247 e. The number of pyridine rings is 1. The molecule has 130 valence electrons. The maximum atomic E-state index is 14.3. The van der Waals surface area contributed by atoms with E-state index in [-0.39, 0.29) is 35.0 Å². The zero-order chi connectivity index (χ0) is 18.2. The molecule has 6 nitrogen and oxygen atoms in total. The normalized spacial score (nSPS) is 21.2. The van der Waals surface area contributed by atoms with Crippen LogP contribution < -0.4 is 5.56 Å². The van der Waals surface area contributed by atoms with Crippen molar-refractivity contribution >= 4 is 21.6 Å². The third-order valence-electron chi connectivity index (χ3n) is 4.29. The molecule has 9 heteroatoms. The van der Waals surface area contributed by atoms with Gasteiger partial charge in [0.25, 0.3) is 0 Å². The smallest absolute Gasteiger partial charge is 0.247 e. The molecule has 1 aromatic heterocycles. The lowest BCUT2D eigenvalue weighted by Crippen LogP contribution is -2.34. The van der Waals surface area contributed by atoms with E-state index in [1.807, 2.05) is 0 Å². The van der Waals surface area contributed by atoms with Crippen molar-refractivity contribution in [2.75, 3.05) is 13.1 Å². The molecule has 1 atom stereocenters. The van der Waals surface area contributed by atoms with E-state index in [1.165, 1.54) is 18.2 Å². The molecule has 0 radical (unpaired) electrons. The summed E-state index contributed by atoms with van der Waals surface area (Å²) in [6.07, 6.45) is 1.26. The van der Waals surface area contributed by atoms with E-state index in [4.69, 9.17) is 11.6 Å². The van der Waals surface area contributed by atoms with Crippen molar-refractivity contribution < 1.29 is 12.8 Å². The summed E-state index contributed by atoms with van der Waals surface area (Å²) in [5.74, 6) is -0.641. The number of nitrogens with one attached hydrogen (secondary N) is 1. The van der Waals surface area contributed by atoms with E-state index in [1.54, 1.807) is 0 Å². The summed E-state index contributed by atoms with van der Waals surface area (Å²) in [6.45, 7) is -0.111. The minimum Gasteiger partial charge on any atom is -0.328 e. The molecular weight excluding hydrogens is 369 g/mol. The predicted octanol–water partition coefficient (Wildman–Crippen LogP) is 2.02. The highest BCUT2D eigenvalue weighted by Gasteiger charge is 2.46. The number of aromatic amines is 1. The van der Waals surface area contributed by atoms with Crippen LogP contribution in [0.3, 0.4) is 0 Å². The van der Waals surface area contributed by atoms with Crippen molar-refractivity contribution in [3.63, 3.8) is 0 Å². The van der Waals surface area contributed by atoms with E-state index < -0.39 is 26.8 Å². The summed E-state index contributed by atoms with van der Waals surface area (Å²) >= 11 is 5.75. The number of nitrogens with zero attached hydrogens (tertiary/aromatic N) is 2. The van der Waals surface area contributed by atoms with Gasteiger partial charge < -0.3 is 4.98 Å². The summed E-state index contributed by atoms with van der Waals surface area (Å²) in [7, 11) is -3.90. The molecule has 0 aliphatic carbocycles. The Bertz CT molecular complexity index is 1010. The van der Waals surface area contributed by atoms with Gasteiger partial charge in [-0.2, -0.15) is 9.57 Å². The molecule has 1 saturated heterocycles. The van der Waals surface area contributed by atoms with Crippen LogP contribution >= 0.6 is 11.6 Å². The van der Waals surface area contributed by atoms with Crippen LogP contribution in [0.15, 0.2) is 46.2 Å². The average molecular weight is 382 g/mol. The van der Waals surface area contributed by atoms with Gasteiger partial charge in [-0.15, -0.1) is 0 Å². The SMILES string of the molecule is N#CC1(c2ccc(Cl)cc2F)CCN(S(=O)(=O)c2ccc(=O)[nH]c2)C1.